The van der Waals surface area contributed by atoms with Crippen LogP contribution in [0.25, 0.3) is 0 Å². The lowest BCUT2D eigenvalue weighted by atomic mass is 9.89. The van der Waals surface area contributed by atoms with Crippen LogP contribution in [0.2, 0.25) is 0 Å². The first-order chi connectivity index (χ1) is 9.93. The molecule has 2 heteroatoms. The van der Waals surface area contributed by atoms with Crippen molar-refractivity contribution < 1.29 is 0 Å². The minimum absolute atomic E-state index is 0.942. The highest BCUT2D eigenvalue weighted by Crippen LogP contribution is 2.26. The van der Waals surface area contributed by atoms with Crippen molar-refractivity contribution in [3.63, 3.8) is 0 Å². The minimum Gasteiger partial charge on any atom is -0.370 e. The molecule has 110 valence electrons. The van der Waals surface area contributed by atoms with Gasteiger partial charge in [0.1, 0.15) is 0 Å². The molecule has 0 unspecified atom stereocenters. The SMILES string of the molecule is c1ccc2c(c1)CCCN2CCNCC1CCCCC1. The second-order valence-electron chi connectivity index (χ2n) is 6.43. The lowest BCUT2D eigenvalue weighted by molar-refractivity contribution is 0.343. The maximum absolute atomic E-state index is 3.69. The molecular weight excluding hydrogens is 244 g/mol. The third-order valence-electron chi connectivity index (χ3n) is 4.92. The van der Waals surface area contributed by atoms with E-state index in [2.05, 4.69) is 34.5 Å². The predicted molar refractivity (Wildman–Crippen MR) is 86.4 cm³/mol. The Morgan fingerprint density at radius 2 is 1.90 bits per heavy atom. The van der Waals surface area contributed by atoms with E-state index in [1.54, 1.807) is 0 Å². The molecule has 0 amide bonds. The highest BCUT2D eigenvalue weighted by molar-refractivity contribution is 5.55. The van der Waals surface area contributed by atoms with Crippen LogP contribution in [0.4, 0.5) is 5.69 Å². The molecule has 1 heterocycles. The van der Waals surface area contributed by atoms with Crippen molar-refractivity contribution in [3.8, 4) is 0 Å². The highest BCUT2D eigenvalue weighted by Gasteiger charge is 2.16. The van der Waals surface area contributed by atoms with Crippen LogP contribution in [0.1, 0.15) is 44.1 Å². The molecule has 1 fully saturated rings. The number of benzene rings is 1. The molecule has 2 nitrogen and oxygen atoms in total. The number of para-hydroxylation sites is 1. The third kappa shape index (κ3) is 3.54. The molecule has 0 saturated heterocycles. The Balaban J connectivity index is 1.43. The number of hydrogen-bond donors (Lipinski definition) is 1. The number of anilines is 1. The minimum atomic E-state index is 0.942. The summed E-state index contributed by atoms with van der Waals surface area (Å²) in [5.74, 6) is 0.942. The summed E-state index contributed by atoms with van der Waals surface area (Å²) >= 11 is 0. The number of rotatable bonds is 5. The zero-order chi connectivity index (χ0) is 13.6. The van der Waals surface area contributed by atoms with Crippen molar-refractivity contribution in [2.75, 3.05) is 31.1 Å². The molecule has 1 saturated carbocycles. The number of aryl methyl sites for hydroxylation is 1. The van der Waals surface area contributed by atoms with E-state index < -0.39 is 0 Å². The van der Waals surface area contributed by atoms with Crippen molar-refractivity contribution in [1.82, 2.24) is 5.32 Å². The summed E-state index contributed by atoms with van der Waals surface area (Å²) in [6, 6.07) is 8.92. The van der Waals surface area contributed by atoms with Crippen LogP contribution < -0.4 is 10.2 Å². The number of nitrogens with one attached hydrogen (secondary N) is 1. The summed E-state index contributed by atoms with van der Waals surface area (Å²) in [7, 11) is 0. The maximum atomic E-state index is 3.69. The molecule has 1 aromatic rings. The Bertz CT molecular complexity index is 410. The van der Waals surface area contributed by atoms with Gasteiger partial charge in [0.25, 0.3) is 0 Å². The van der Waals surface area contributed by atoms with Gasteiger partial charge >= 0.3 is 0 Å². The van der Waals surface area contributed by atoms with Crippen molar-refractivity contribution in [3.05, 3.63) is 29.8 Å². The second kappa shape index (κ2) is 7.12. The fraction of sp³-hybridized carbons (Fsp3) is 0.667. The first-order valence-corrected chi connectivity index (χ1v) is 8.47. The Labute approximate surface area is 123 Å². The molecule has 1 aliphatic heterocycles. The number of hydrogen-bond acceptors (Lipinski definition) is 2. The second-order valence-corrected chi connectivity index (χ2v) is 6.43. The molecular formula is C18H28N2. The van der Waals surface area contributed by atoms with Crippen LogP contribution in [0, 0.1) is 5.92 Å². The molecule has 0 bridgehead atoms. The summed E-state index contributed by atoms with van der Waals surface area (Å²) < 4.78 is 0. The molecule has 20 heavy (non-hydrogen) atoms. The average molecular weight is 272 g/mol. The fourth-order valence-corrected chi connectivity index (χ4v) is 3.76. The topological polar surface area (TPSA) is 15.3 Å². The van der Waals surface area contributed by atoms with Crippen molar-refractivity contribution in [2.45, 2.75) is 44.9 Å². The summed E-state index contributed by atoms with van der Waals surface area (Å²) in [6.07, 6.45) is 9.81. The van der Waals surface area contributed by atoms with Crippen LogP contribution in [-0.4, -0.2) is 26.2 Å². The van der Waals surface area contributed by atoms with E-state index in [0.29, 0.717) is 0 Å². The quantitative estimate of drug-likeness (QED) is 0.824. The van der Waals surface area contributed by atoms with Gasteiger partial charge in [0, 0.05) is 25.3 Å². The van der Waals surface area contributed by atoms with Crippen LogP contribution in [0.15, 0.2) is 24.3 Å². The monoisotopic (exact) mass is 272 g/mol. The zero-order valence-corrected chi connectivity index (χ0v) is 12.6. The molecule has 0 radical (unpaired) electrons. The summed E-state index contributed by atoms with van der Waals surface area (Å²) in [5, 5.41) is 3.69. The first-order valence-electron chi connectivity index (χ1n) is 8.47. The van der Waals surface area contributed by atoms with E-state index >= 15 is 0 Å². The molecule has 3 rings (SSSR count). The van der Waals surface area contributed by atoms with Gasteiger partial charge in [0.15, 0.2) is 0 Å². The zero-order valence-electron chi connectivity index (χ0n) is 12.6. The van der Waals surface area contributed by atoms with Gasteiger partial charge in [-0.2, -0.15) is 0 Å². The van der Waals surface area contributed by atoms with Crippen LogP contribution in [0.3, 0.4) is 0 Å². The van der Waals surface area contributed by atoms with Crippen LogP contribution in [-0.2, 0) is 6.42 Å². The Morgan fingerprint density at radius 1 is 1.05 bits per heavy atom. The third-order valence-corrected chi connectivity index (χ3v) is 4.92. The summed E-state index contributed by atoms with van der Waals surface area (Å²) in [4.78, 5) is 2.56. The fourth-order valence-electron chi connectivity index (χ4n) is 3.76. The summed E-state index contributed by atoms with van der Waals surface area (Å²) in [5.41, 5.74) is 3.00. The lowest BCUT2D eigenvalue weighted by Gasteiger charge is -2.31. The van der Waals surface area contributed by atoms with Crippen molar-refractivity contribution in [1.29, 1.82) is 0 Å². The largest absolute Gasteiger partial charge is 0.370 e. The number of nitrogens with zero attached hydrogens (tertiary/aromatic N) is 1. The van der Waals surface area contributed by atoms with Gasteiger partial charge in [-0.1, -0.05) is 37.5 Å². The van der Waals surface area contributed by atoms with E-state index in [1.807, 2.05) is 0 Å². The van der Waals surface area contributed by atoms with Gasteiger partial charge in [-0.05, 0) is 49.8 Å². The molecule has 1 aliphatic carbocycles. The van der Waals surface area contributed by atoms with E-state index in [-0.39, 0.29) is 0 Å². The van der Waals surface area contributed by atoms with E-state index in [4.69, 9.17) is 0 Å². The van der Waals surface area contributed by atoms with Gasteiger partial charge < -0.3 is 10.2 Å². The Kier molecular flexibility index (Phi) is 4.96. The van der Waals surface area contributed by atoms with Gasteiger partial charge in [0.2, 0.25) is 0 Å². The Morgan fingerprint density at radius 3 is 2.80 bits per heavy atom. The predicted octanol–water partition coefficient (Wildman–Crippen LogP) is 3.61. The van der Waals surface area contributed by atoms with Gasteiger partial charge in [-0.25, -0.2) is 0 Å². The molecule has 0 aromatic heterocycles. The van der Waals surface area contributed by atoms with E-state index in [0.717, 1.165) is 19.0 Å². The maximum Gasteiger partial charge on any atom is 0.0399 e. The molecule has 0 atom stereocenters. The van der Waals surface area contributed by atoms with Gasteiger partial charge in [0.05, 0.1) is 0 Å². The molecule has 0 spiro atoms. The van der Waals surface area contributed by atoms with Crippen molar-refractivity contribution in [2.24, 2.45) is 5.92 Å². The standard InChI is InChI=1S/C18H28N2/c1-2-7-16(8-3-1)15-19-12-14-20-13-6-10-17-9-4-5-11-18(17)20/h4-5,9,11,16,19H,1-3,6-8,10,12-15H2. The summed E-state index contributed by atoms with van der Waals surface area (Å²) in [6.45, 7) is 4.74. The van der Waals surface area contributed by atoms with Gasteiger partial charge in [-0.15, -0.1) is 0 Å². The first kappa shape index (κ1) is 13.9. The highest BCUT2D eigenvalue weighted by atomic mass is 15.1. The van der Waals surface area contributed by atoms with Crippen LogP contribution >= 0.6 is 0 Å². The smallest absolute Gasteiger partial charge is 0.0399 e. The van der Waals surface area contributed by atoms with Crippen LogP contribution in [0.5, 0.6) is 0 Å². The van der Waals surface area contributed by atoms with Gasteiger partial charge in [-0.3, -0.25) is 0 Å². The van der Waals surface area contributed by atoms with E-state index in [1.165, 1.54) is 69.3 Å². The number of fused-ring (bicyclic) bond motifs is 1. The van der Waals surface area contributed by atoms with Crippen molar-refractivity contribution >= 4 is 5.69 Å². The van der Waals surface area contributed by atoms with E-state index in [9.17, 15) is 0 Å². The molecule has 2 aliphatic rings. The molecule has 1 aromatic carbocycles. The molecule has 1 N–H and O–H groups in total. The Hall–Kier alpha value is -1.02. The normalized spacial score (nSPS) is 19.9. The average Bonchev–Trinajstić information content (AvgIpc) is 2.53. The lowest BCUT2D eigenvalue weighted by Crippen LogP contribution is -2.37.